The molecule has 6 heteroatoms. The second kappa shape index (κ2) is 7.66. The van der Waals surface area contributed by atoms with Crippen LogP contribution in [0.5, 0.6) is 5.75 Å². The molecule has 0 radical (unpaired) electrons. The van der Waals surface area contributed by atoms with Crippen LogP contribution in [0.2, 0.25) is 10.0 Å². The molecule has 0 aromatic heterocycles. The zero-order chi connectivity index (χ0) is 17.0. The Morgan fingerprint density at radius 3 is 2.52 bits per heavy atom. The molecule has 3 nitrogen and oxygen atoms in total. The number of carbonyl (C=O) groups excluding carboxylic acids is 1. The van der Waals surface area contributed by atoms with E-state index >= 15 is 0 Å². The van der Waals surface area contributed by atoms with Crippen LogP contribution in [0.25, 0.3) is 0 Å². The third-order valence-electron chi connectivity index (χ3n) is 3.57. The Morgan fingerprint density at radius 1 is 1.22 bits per heavy atom. The maximum atomic E-state index is 13.0. The molecule has 2 aromatic carbocycles. The topological polar surface area (TPSA) is 29.5 Å². The van der Waals surface area contributed by atoms with Crippen LogP contribution in [0.1, 0.15) is 18.5 Å². The summed E-state index contributed by atoms with van der Waals surface area (Å²) in [6, 6.07) is 10.6. The van der Waals surface area contributed by atoms with Gasteiger partial charge in [0.15, 0.2) is 6.61 Å². The highest BCUT2D eigenvalue weighted by Crippen LogP contribution is 2.28. The zero-order valence-corrected chi connectivity index (χ0v) is 14.2. The minimum Gasteiger partial charge on any atom is -0.482 e. The maximum absolute atomic E-state index is 13.0. The fraction of sp³-hybridized carbons (Fsp3) is 0.235. The first-order chi connectivity index (χ1) is 10.9. The average Bonchev–Trinajstić information content (AvgIpc) is 2.54. The van der Waals surface area contributed by atoms with Gasteiger partial charge in [0.05, 0.1) is 11.1 Å². The smallest absolute Gasteiger partial charge is 0.260 e. The lowest BCUT2D eigenvalue weighted by molar-refractivity contribution is -0.134. The number of carbonyl (C=O) groups is 1. The van der Waals surface area contributed by atoms with E-state index in [4.69, 9.17) is 27.9 Å². The average molecular weight is 356 g/mol. The lowest BCUT2D eigenvalue weighted by Gasteiger charge is -2.25. The van der Waals surface area contributed by atoms with Crippen molar-refractivity contribution in [1.82, 2.24) is 4.90 Å². The van der Waals surface area contributed by atoms with Crippen molar-refractivity contribution in [1.29, 1.82) is 0 Å². The first-order valence-corrected chi connectivity index (χ1v) is 7.73. The van der Waals surface area contributed by atoms with Crippen molar-refractivity contribution < 1.29 is 13.9 Å². The van der Waals surface area contributed by atoms with E-state index in [2.05, 4.69) is 0 Å². The normalized spacial score (nSPS) is 11.9. The van der Waals surface area contributed by atoms with Gasteiger partial charge in [-0.05, 0) is 36.8 Å². The molecule has 0 spiro atoms. The molecule has 0 fully saturated rings. The van der Waals surface area contributed by atoms with Crippen LogP contribution in [0.4, 0.5) is 4.39 Å². The van der Waals surface area contributed by atoms with Crippen molar-refractivity contribution in [3.05, 3.63) is 63.9 Å². The predicted octanol–water partition coefficient (Wildman–Crippen LogP) is 4.73. The second-order valence-electron chi connectivity index (χ2n) is 5.10. The number of amides is 1. The van der Waals surface area contributed by atoms with Crippen molar-refractivity contribution in [2.45, 2.75) is 13.0 Å². The molecule has 1 amide bonds. The fourth-order valence-electron chi connectivity index (χ4n) is 2.01. The van der Waals surface area contributed by atoms with Gasteiger partial charge in [0, 0.05) is 18.1 Å². The van der Waals surface area contributed by atoms with Crippen molar-refractivity contribution in [2.24, 2.45) is 0 Å². The number of hydrogen-bond acceptors (Lipinski definition) is 2. The summed E-state index contributed by atoms with van der Waals surface area (Å²) in [6.45, 7) is 1.69. The van der Waals surface area contributed by atoms with Gasteiger partial charge in [-0.2, -0.15) is 0 Å². The van der Waals surface area contributed by atoms with Crippen LogP contribution >= 0.6 is 23.2 Å². The van der Waals surface area contributed by atoms with Gasteiger partial charge in [0.25, 0.3) is 5.91 Å². The highest BCUT2D eigenvalue weighted by Gasteiger charge is 2.18. The Bertz CT molecular complexity index is 691. The predicted molar refractivity (Wildman–Crippen MR) is 89.5 cm³/mol. The van der Waals surface area contributed by atoms with E-state index in [1.54, 1.807) is 37.4 Å². The van der Waals surface area contributed by atoms with Gasteiger partial charge in [-0.3, -0.25) is 4.79 Å². The van der Waals surface area contributed by atoms with Gasteiger partial charge < -0.3 is 9.64 Å². The monoisotopic (exact) mass is 355 g/mol. The third kappa shape index (κ3) is 4.60. The largest absolute Gasteiger partial charge is 0.482 e. The van der Waals surface area contributed by atoms with Crippen molar-refractivity contribution >= 4 is 29.1 Å². The van der Waals surface area contributed by atoms with Crippen LogP contribution in [0.15, 0.2) is 42.5 Å². The van der Waals surface area contributed by atoms with Crippen LogP contribution < -0.4 is 4.74 Å². The van der Waals surface area contributed by atoms with Gasteiger partial charge in [-0.25, -0.2) is 4.39 Å². The Hall–Kier alpha value is -1.78. The van der Waals surface area contributed by atoms with E-state index in [1.165, 1.54) is 17.0 Å². The number of nitrogens with zero attached hydrogens (tertiary/aromatic N) is 1. The molecule has 0 aliphatic rings. The quantitative estimate of drug-likeness (QED) is 0.775. The Kier molecular flexibility index (Phi) is 5.85. The lowest BCUT2D eigenvalue weighted by atomic mass is 10.1. The number of ether oxygens (including phenoxy) is 1. The third-order valence-corrected chi connectivity index (χ3v) is 4.12. The van der Waals surface area contributed by atoms with Crippen molar-refractivity contribution in [2.75, 3.05) is 13.7 Å². The maximum Gasteiger partial charge on any atom is 0.260 e. The summed E-state index contributed by atoms with van der Waals surface area (Å²) in [4.78, 5) is 13.8. The Balaban J connectivity index is 1.99. The summed E-state index contributed by atoms with van der Waals surface area (Å²) >= 11 is 11.9. The summed E-state index contributed by atoms with van der Waals surface area (Å²) in [7, 11) is 1.67. The molecule has 23 heavy (non-hydrogen) atoms. The Labute approximate surface area is 144 Å². The van der Waals surface area contributed by atoms with E-state index in [0.717, 1.165) is 5.56 Å². The molecule has 1 unspecified atom stereocenters. The lowest BCUT2D eigenvalue weighted by Crippen LogP contribution is -2.33. The molecular weight excluding hydrogens is 340 g/mol. The standard InChI is InChI=1S/C17H16Cl2FNO2/c1-11(12-3-6-14(20)7-4-12)21(2)17(22)10-23-16-9-13(18)5-8-15(16)19/h3-9,11H,10H2,1-2H3. The van der Waals surface area contributed by atoms with E-state index < -0.39 is 0 Å². The highest BCUT2D eigenvalue weighted by molar-refractivity contribution is 6.34. The minimum absolute atomic E-state index is 0.165. The molecule has 0 bridgehead atoms. The van der Waals surface area contributed by atoms with Gasteiger partial charge in [0.1, 0.15) is 11.6 Å². The molecule has 1 atom stereocenters. The molecule has 0 N–H and O–H groups in total. The van der Waals surface area contributed by atoms with E-state index in [1.807, 2.05) is 6.92 Å². The van der Waals surface area contributed by atoms with Crippen molar-refractivity contribution in [3.8, 4) is 5.75 Å². The molecule has 122 valence electrons. The van der Waals surface area contributed by atoms with Gasteiger partial charge in [-0.15, -0.1) is 0 Å². The summed E-state index contributed by atoms with van der Waals surface area (Å²) in [6.07, 6.45) is 0. The molecule has 0 heterocycles. The molecule has 0 saturated carbocycles. The van der Waals surface area contributed by atoms with Crippen LogP contribution in [-0.2, 0) is 4.79 Å². The molecule has 0 aliphatic heterocycles. The number of rotatable bonds is 5. The van der Waals surface area contributed by atoms with E-state index in [9.17, 15) is 9.18 Å². The highest BCUT2D eigenvalue weighted by atomic mass is 35.5. The Morgan fingerprint density at radius 2 is 1.87 bits per heavy atom. The first kappa shape index (κ1) is 17.6. The van der Waals surface area contributed by atoms with Crippen LogP contribution in [0.3, 0.4) is 0 Å². The number of hydrogen-bond donors (Lipinski definition) is 0. The van der Waals surface area contributed by atoms with Gasteiger partial charge in [-0.1, -0.05) is 35.3 Å². The zero-order valence-electron chi connectivity index (χ0n) is 12.7. The molecule has 2 rings (SSSR count). The van der Waals surface area contributed by atoms with Gasteiger partial charge in [0.2, 0.25) is 0 Å². The number of halogens is 3. The molecular formula is C17H16Cl2FNO2. The van der Waals surface area contributed by atoms with Crippen LogP contribution in [0, 0.1) is 5.82 Å². The van der Waals surface area contributed by atoms with E-state index in [-0.39, 0.29) is 24.4 Å². The summed E-state index contributed by atoms with van der Waals surface area (Å²) in [5, 5.41) is 0.862. The molecule has 0 saturated heterocycles. The fourth-order valence-corrected chi connectivity index (χ4v) is 2.34. The van der Waals surface area contributed by atoms with Gasteiger partial charge >= 0.3 is 0 Å². The molecule has 2 aromatic rings. The summed E-state index contributed by atoms with van der Waals surface area (Å²) < 4.78 is 18.4. The number of likely N-dealkylation sites (N-methyl/N-ethyl adjacent to an activating group) is 1. The first-order valence-electron chi connectivity index (χ1n) is 6.97. The number of benzene rings is 2. The summed E-state index contributed by atoms with van der Waals surface area (Å²) in [5.74, 6) is -0.179. The SMILES string of the molecule is CC(c1ccc(F)cc1)N(C)C(=O)COc1cc(Cl)ccc1Cl. The van der Waals surface area contributed by atoms with E-state index in [0.29, 0.717) is 15.8 Å². The minimum atomic E-state index is -0.311. The molecule has 0 aliphatic carbocycles. The van der Waals surface area contributed by atoms with Crippen molar-refractivity contribution in [3.63, 3.8) is 0 Å². The van der Waals surface area contributed by atoms with Crippen LogP contribution in [-0.4, -0.2) is 24.5 Å². The second-order valence-corrected chi connectivity index (χ2v) is 5.94. The summed E-state index contributed by atoms with van der Waals surface area (Å²) in [5.41, 5.74) is 0.836.